The van der Waals surface area contributed by atoms with Crippen molar-refractivity contribution >= 4 is 11.8 Å². The van der Waals surface area contributed by atoms with E-state index in [1.165, 1.54) is 12.1 Å². The number of amides is 2. The van der Waals surface area contributed by atoms with Crippen molar-refractivity contribution in [1.29, 1.82) is 0 Å². The number of carbonyl (C=O) groups is 2. The molecule has 1 saturated carbocycles. The Morgan fingerprint density at radius 1 is 1.10 bits per heavy atom. The highest BCUT2D eigenvalue weighted by Gasteiger charge is 2.62. The van der Waals surface area contributed by atoms with Gasteiger partial charge in [0.1, 0.15) is 18.1 Å². The van der Waals surface area contributed by atoms with E-state index >= 15 is 0 Å². The van der Waals surface area contributed by atoms with E-state index in [0.717, 1.165) is 71.2 Å². The lowest BCUT2D eigenvalue weighted by Crippen LogP contribution is -2.77. The van der Waals surface area contributed by atoms with Gasteiger partial charge in [-0.1, -0.05) is 26.2 Å². The van der Waals surface area contributed by atoms with Gasteiger partial charge >= 0.3 is 0 Å². The van der Waals surface area contributed by atoms with Gasteiger partial charge in [-0.05, 0) is 50.1 Å². The molecule has 0 bridgehead atoms. The monoisotopic (exact) mass is 417 g/mol. The maximum absolute atomic E-state index is 13.2. The highest BCUT2D eigenvalue weighted by atomic mass is 19.1. The first-order chi connectivity index (χ1) is 14.5. The van der Waals surface area contributed by atoms with E-state index in [0.29, 0.717) is 5.75 Å². The molecule has 0 N–H and O–H groups in total. The van der Waals surface area contributed by atoms with Crippen molar-refractivity contribution in [2.45, 2.75) is 57.1 Å². The number of nitrogens with zero attached hydrogens (tertiary/aromatic N) is 3. The van der Waals surface area contributed by atoms with E-state index in [9.17, 15) is 14.0 Å². The van der Waals surface area contributed by atoms with Gasteiger partial charge in [0.05, 0.1) is 5.54 Å². The SMILES string of the molecule is CCCN1CCN(C(=O)CN2C(=O)C(Oc3ccc(F)cc3)C23CCCCC3)CC1. The van der Waals surface area contributed by atoms with Crippen LogP contribution >= 0.6 is 0 Å². The molecule has 164 valence electrons. The van der Waals surface area contributed by atoms with Gasteiger partial charge in [0.15, 0.2) is 6.10 Å². The second kappa shape index (κ2) is 8.92. The Morgan fingerprint density at radius 3 is 2.40 bits per heavy atom. The van der Waals surface area contributed by atoms with E-state index in [2.05, 4.69) is 11.8 Å². The molecular weight excluding hydrogens is 385 g/mol. The molecule has 2 saturated heterocycles. The minimum absolute atomic E-state index is 0.0321. The zero-order valence-electron chi connectivity index (χ0n) is 17.8. The molecule has 1 spiro atoms. The van der Waals surface area contributed by atoms with Crippen LogP contribution < -0.4 is 4.74 Å². The predicted octanol–water partition coefficient (Wildman–Crippen LogP) is 2.67. The maximum atomic E-state index is 13.2. The number of hydrogen-bond acceptors (Lipinski definition) is 4. The average Bonchev–Trinajstić information content (AvgIpc) is 2.78. The molecule has 6 nitrogen and oxygen atoms in total. The van der Waals surface area contributed by atoms with E-state index in [4.69, 9.17) is 4.74 Å². The Bertz CT molecular complexity index is 755. The number of β-lactam (4-membered cyclic amide) rings is 1. The average molecular weight is 418 g/mol. The topological polar surface area (TPSA) is 53.1 Å². The van der Waals surface area contributed by atoms with Gasteiger partial charge in [0.25, 0.3) is 5.91 Å². The van der Waals surface area contributed by atoms with Crippen molar-refractivity contribution in [1.82, 2.24) is 14.7 Å². The van der Waals surface area contributed by atoms with E-state index in [1.54, 1.807) is 17.0 Å². The third-order valence-corrected chi connectivity index (χ3v) is 6.86. The number of benzene rings is 1. The molecule has 30 heavy (non-hydrogen) atoms. The van der Waals surface area contributed by atoms with Crippen LogP contribution in [0.3, 0.4) is 0 Å². The van der Waals surface area contributed by atoms with Gasteiger partial charge in [-0.3, -0.25) is 14.5 Å². The minimum atomic E-state index is -0.586. The second-order valence-corrected chi connectivity index (χ2v) is 8.76. The molecular formula is C23H32FN3O3. The van der Waals surface area contributed by atoms with Crippen LogP contribution in [0.5, 0.6) is 5.75 Å². The van der Waals surface area contributed by atoms with E-state index < -0.39 is 11.6 Å². The fourth-order valence-electron chi connectivity index (χ4n) is 5.18. The highest BCUT2D eigenvalue weighted by molar-refractivity contribution is 5.94. The zero-order chi connectivity index (χ0) is 21.1. The van der Waals surface area contributed by atoms with Gasteiger partial charge < -0.3 is 14.5 Å². The molecule has 1 aliphatic carbocycles. The fraction of sp³-hybridized carbons (Fsp3) is 0.652. The van der Waals surface area contributed by atoms with Gasteiger partial charge in [0, 0.05) is 26.2 Å². The Hall–Kier alpha value is -2.15. The molecule has 1 aromatic carbocycles. The van der Waals surface area contributed by atoms with Crippen molar-refractivity contribution in [3.8, 4) is 5.75 Å². The van der Waals surface area contributed by atoms with Crippen molar-refractivity contribution < 1.29 is 18.7 Å². The quantitative estimate of drug-likeness (QED) is 0.668. The van der Waals surface area contributed by atoms with Crippen LogP contribution in [0.2, 0.25) is 0 Å². The van der Waals surface area contributed by atoms with Gasteiger partial charge in [-0.15, -0.1) is 0 Å². The summed E-state index contributed by atoms with van der Waals surface area (Å²) >= 11 is 0. The van der Waals surface area contributed by atoms with Crippen LogP contribution in [0.4, 0.5) is 4.39 Å². The number of hydrogen-bond donors (Lipinski definition) is 0. The summed E-state index contributed by atoms with van der Waals surface area (Å²) in [5, 5.41) is 0. The van der Waals surface area contributed by atoms with Crippen LogP contribution in [-0.4, -0.2) is 77.4 Å². The minimum Gasteiger partial charge on any atom is -0.478 e. The third kappa shape index (κ3) is 4.04. The second-order valence-electron chi connectivity index (χ2n) is 8.76. The van der Waals surface area contributed by atoms with Gasteiger partial charge in [-0.2, -0.15) is 0 Å². The van der Waals surface area contributed by atoms with Crippen molar-refractivity contribution in [2.24, 2.45) is 0 Å². The molecule has 3 fully saturated rings. The first-order valence-corrected chi connectivity index (χ1v) is 11.3. The molecule has 1 aromatic rings. The summed E-state index contributed by atoms with van der Waals surface area (Å²) in [5.74, 6) is 0.0718. The fourth-order valence-corrected chi connectivity index (χ4v) is 5.18. The van der Waals surface area contributed by atoms with E-state index in [1.807, 2.05) is 4.90 Å². The zero-order valence-corrected chi connectivity index (χ0v) is 17.8. The largest absolute Gasteiger partial charge is 0.478 e. The molecule has 1 unspecified atom stereocenters. The number of likely N-dealkylation sites (tertiary alicyclic amines) is 1. The summed E-state index contributed by atoms with van der Waals surface area (Å²) in [6.45, 7) is 6.62. The number of piperazine rings is 1. The van der Waals surface area contributed by atoms with Gasteiger partial charge in [0.2, 0.25) is 5.91 Å². The van der Waals surface area contributed by atoms with Crippen molar-refractivity contribution in [3.63, 3.8) is 0 Å². The molecule has 4 rings (SSSR count). The summed E-state index contributed by atoms with van der Waals surface area (Å²) in [6.07, 6.45) is 5.42. The Kier molecular flexibility index (Phi) is 6.27. The Balaban J connectivity index is 1.42. The van der Waals surface area contributed by atoms with Crippen LogP contribution in [0, 0.1) is 5.82 Å². The first-order valence-electron chi connectivity index (χ1n) is 11.3. The summed E-state index contributed by atoms with van der Waals surface area (Å²) in [5.41, 5.74) is -0.413. The van der Waals surface area contributed by atoms with E-state index in [-0.39, 0.29) is 24.2 Å². The van der Waals surface area contributed by atoms with Crippen LogP contribution in [0.1, 0.15) is 45.4 Å². The standard InChI is InChI=1S/C23H32FN3O3/c1-2-12-25-13-15-26(16-14-25)20(28)17-27-22(29)21(23(27)10-4-3-5-11-23)30-19-8-6-18(24)7-9-19/h6-9,21H,2-5,10-17H2,1H3. The molecule has 2 heterocycles. The highest BCUT2D eigenvalue weighted by Crippen LogP contribution is 2.45. The maximum Gasteiger partial charge on any atom is 0.267 e. The first kappa shape index (κ1) is 21.1. The normalized spacial score (nSPS) is 24.1. The third-order valence-electron chi connectivity index (χ3n) is 6.86. The number of rotatable bonds is 6. The van der Waals surface area contributed by atoms with Crippen LogP contribution in [-0.2, 0) is 9.59 Å². The molecule has 0 aromatic heterocycles. The lowest BCUT2D eigenvalue weighted by molar-refractivity contribution is -0.189. The summed E-state index contributed by atoms with van der Waals surface area (Å²) in [4.78, 5) is 32.0. The molecule has 2 aliphatic heterocycles. The smallest absolute Gasteiger partial charge is 0.267 e. The lowest BCUT2D eigenvalue weighted by Gasteiger charge is -2.58. The predicted molar refractivity (Wildman–Crippen MR) is 112 cm³/mol. The molecule has 7 heteroatoms. The lowest BCUT2D eigenvalue weighted by atomic mass is 9.70. The molecule has 3 aliphatic rings. The molecule has 2 amide bonds. The molecule has 1 atom stereocenters. The summed E-state index contributed by atoms with van der Waals surface area (Å²) in [7, 11) is 0. The van der Waals surface area contributed by atoms with Crippen LogP contribution in [0.25, 0.3) is 0 Å². The molecule has 0 radical (unpaired) electrons. The number of halogens is 1. The van der Waals surface area contributed by atoms with Crippen molar-refractivity contribution in [3.05, 3.63) is 30.1 Å². The Morgan fingerprint density at radius 2 is 1.77 bits per heavy atom. The Labute approximate surface area is 177 Å². The summed E-state index contributed by atoms with van der Waals surface area (Å²) < 4.78 is 19.2. The van der Waals surface area contributed by atoms with Crippen molar-refractivity contribution in [2.75, 3.05) is 39.3 Å². The number of ether oxygens (including phenoxy) is 1. The van der Waals surface area contributed by atoms with Crippen LogP contribution in [0.15, 0.2) is 24.3 Å². The number of carbonyl (C=O) groups excluding carboxylic acids is 2. The van der Waals surface area contributed by atoms with Gasteiger partial charge in [-0.25, -0.2) is 4.39 Å². The summed E-state index contributed by atoms with van der Waals surface area (Å²) in [6, 6.07) is 5.79.